The number of nitrogens with one attached hydrogen (secondary N) is 1. The molecule has 0 atom stereocenters. The molecule has 3 heteroatoms. The van der Waals surface area contributed by atoms with Crippen molar-refractivity contribution in [2.24, 2.45) is 0 Å². The SMILES string of the molecule is CC(=O)Nc1ccc(/C=C(/C(=O)c2ccc(C)cc2)c2ccccc2)cc1. The Balaban J connectivity index is 1.99. The molecule has 0 radical (unpaired) electrons. The van der Waals surface area contributed by atoms with Crippen LogP contribution in [0.3, 0.4) is 0 Å². The summed E-state index contributed by atoms with van der Waals surface area (Å²) in [7, 11) is 0. The second kappa shape index (κ2) is 8.28. The summed E-state index contributed by atoms with van der Waals surface area (Å²) in [6, 6.07) is 24.7. The molecule has 27 heavy (non-hydrogen) atoms. The average Bonchev–Trinajstić information content (AvgIpc) is 2.68. The van der Waals surface area contributed by atoms with Crippen molar-refractivity contribution >= 4 is 29.0 Å². The summed E-state index contributed by atoms with van der Waals surface area (Å²) < 4.78 is 0. The van der Waals surface area contributed by atoms with Crippen LogP contribution in [0.5, 0.6) is 0 Å². The van der Waals surface area contributed by atoms with E-state index in [4.69, 9.17) is 0 Å². The molecular formula is C24H21NO2. The summed E-state index contributed by atoms with van der Waals surface area (Å²) in [6.45, 7) is 3.47. The maximum atomic E-state index is 13.1. The van der Waals surface area contributed by atoms with Crippen LogP contribution in [0.25, 0.3) is 11.6 Å². The van der Waals surface area contributed by atoms with Gasteiger partial charge in [-0.05, 0) is 36.3 Å². The third-order valence-electron chi connectivity index (χ3n) is 4.19. The summed E-state index contributed by atoms with van der Waals surface area (Å²) in [5.74, 6) is -0.134. The Hall–Kier alpha value is -3.46. The minimum Gasteiger partial charge on any atom is -0.326 e. The maximum Gasteiger partial charge on any atom is 0.221 e. The number of rotatable bonds is 5. The van der Waals surface area contributed by atoms with Crippen LogP contribution >= 0.6 is 0 Å². The van der Waals surface area contributed by atoms with Crippen molar-refractivity contribution < 1.29 is 9.59 Å². The molecule has 1 amide bonds. The van der Waals surface area contributed by atoms with Gasteiger partial charge in [0.25, 0.3) is 0 Å². The molecule has 0 fully saturated rings. The summed E-state index contributed by atoms with van der Waals surface area (Å²) in [5.41, 5.74) is 4.89. The fourth-order valence-electron chi connectivity index (χ4n) is 2.79. The second-order valence-corrected chi connectivity index (χ2v) is 6.42. The van der Waals surface area contributed by atoms with Crippen molar-refractivity contribution in [3.8, 4) is 0 Å². The Morgan fingerprint density at radius 1 is 0.778 bits per heavy atom. The highest BCUT2D eigenvalue weighted by molar-refractivity contribution is 6.32. The third kappa shape index (κ3) is 4.79. The Kier molecular flexibility index (Phi) is 5.62. The minimum atomic E-state index is -0.113. The van der Waals surface area contributed by atoms with Gasteiger partial charge in [-0.25, -0.2) is 0 Å². The molecule has 3 aromatic rings. The van der Waals surface area contributed by atoms with E-state index >= 15 is 0 Å². The zero-order chi connectivity index (χ0) is 19.2. The van der Waals surface area contributed by atoms with Crippen LogP contribution in [-0.2, 0) is 4.79 Å². The monoisotopic (exact) mass is 355 g/mol. The predicted molar refractivity (Wildman–Crippen MR) is 111 cm³/mol. The largest absolute Gasteiger partial charge is 0.326 e. The number of ketones is 1. The number of benzene rings is 3. The van der Waals surface area contributed by atoms with E-state index in [9.17, 15) is 9.59 Å². The van der Waals surface area contributed by atoms with Gasteiger partial charge >= 0.3 is 0 Å². The Labute approximate surface area is 159 Å². The van der Waals surface area contributed by atoms with Crippen LogP contribution < -0.4 is 5.32 Å². The highest BCUT2D eigenvalue weighted by Crippen LogP contribution is 2.24. The summed E-state index contributed by atoms with van der Waals surface area (Å²) >= 11 is 0. The van der Waals surface area contributed by atoms with Crippen LogP contribution in [0, 0.1) is 6.92 Å². The normalized spacial score (nSPS) is 11.1. The van der Waals surface area contributed by atoms with Gasteiger partial charge in [0.15, 0.2) is 5.78 Å². The topological polar surface area (TPSA) is 46.2 Å². The molecule has 3 nitrogen and oxygen atoms in total. The first kappa shape index (κ1) is 18.3. The van der Waals surface area contributed by atoms with Crippen molar-refractivity contribution in [3.63, 3.8) is 0 Å². The highest BCUT2D eigenvalue weighted by atomic mass is 16.1. The number of carbonyl (C=O) groups is 2. The van der Waals surface area contributed by atoms with Crippen molar-refractivity contribution in [2.75, 3.05) is 5.32 Å². The maximum absolute atomic E-state index is 13.1. The van der Waals surface area contributed by atoms with Gasteiger partial charge in [0.1, 0.15) is 0 Å². The molecule has 0 spiro atoms. The molecule has 0 saturated heterocycles. The summed E-state index contributed by atoms with van der Waals surface area (Å²) in [5, 5.41) is 2.74. The molecule has 0 bridgehead atoms. The van der Waals surface area contributed by atoms with E-state index in [0.717, 1.165) is 22.4 Å². The predicted octanol–water partition coefficient (Wildman–Crippen LogP) is 5.38. The number of Topliss-reactive ketones (excluding diaryl/α,β-unsaturated/α-hetero) is 1. The first-order valence-electron chi connectivity index (χ1n) is 8.79. The lowest BCUT2D eigenvalue weighted by molar-refractivity contribution is -0.114. The fraction of sp³-hybridized carbons (Fsp3) is 0.0833. The van der Waals surface area contributed by atoms with E-state index in [0.29, 0.717) is 11.1 Å². The summed E-state index contributed by atoms with van der Waals surface area (Å²) in [6.07, 6.45) is 1.88. The number of allylic oxidation sites excluding steroid dienone is 1. The number of hydrogen-bond donors (Lipinski definition) is 1. The molecule has 0 saturated carbocycles. The molecule has 0 unspecified atom stereocenters. The van der Waals surface area contributed by atoms with E-state index in [1.54, 1.807) is 0 Å². The van der Waals surface area contributed by atoms with Gasteiger partial charge < -0.3 is 5.32 Å². The van der Waals surface area contributed by atoms with Gasteiger partial charge in [-0.1, -0.05) is 72.3 Å². The second-order valence-electron chi connectivity index (χ2n) is 6.42. The molecule has 134 valence electrons. The van der Waals surface area contributed by atoms with Gasteiger partial charge in [0.2, 0.25) is 5.91 Å². The number of anilines is 1. The standard InChI is InChI=1S/C24H21NO2/c1-17-8-12-21(13-9-17)24(27)23(20-6-4-3-5-7-20)16-19-10-14-22(15-11-19)25-18(2)26/h3-16H,1-2H3,(H,25,26)/b23-16+. The van der Waals surface area contributed by atoms with Gasteiger partial charge in [-0.15, -0.1) is 0 Å². The molecular weight excluding hydrogens is 334 g/mol. The van der Waals surface area contributed by atoms with E-state index in [-0.39, 0.29) is 11.7 Å². The molecule has 0 heterocycles. The first-order chi connectivity index (χ1) is 13.0. The smallest absolute Gasteiger partial charge is 0.221 e. The zero-order valence-corrected chi connectivity index (χ0v) is 15.4. The van der Waals surface area contributed by atoms with Crippen LogP contribution in [-0.4, -0.2) is 11.7 Å². The average molecular weight is 355 g/mol. The number of aryl methyl sites for hydroxylation is 1. The minimum absolute atomic E-state index is 0.0212. The van der Waals surface area contributed by atoms with Crippen LogP contribution in [0.15, 0.2) is 78.9 Å². The van der Waals surface area contributed by atoms with Gasteiger partial charge in [-0.2, -0.15) is 0 Å². The van der Waals surface area contributed by atoms with Crippen molar-refractivity contribution in [1.82, 2.24) is 0 Å². The highest BCUT2D eigenvalue weighted by Gasteiger charge is 2.14. The Morgan fingerprint density at radius 3 is 2.00 bits per heavy atom. The van der Waals surface area contributed by atoms with Gasteiger partial charge in [-0.3, -0.25) is 9.59 Å². The zero-order valence-electron chi connectivity index (χ0n) is 15.4. The third-order valence-corrected chi connectivity index (χ3v) is 4.19. The molecule has 3 aromatic carbocycles. The molecule has 0 aliphatic rings. The fourth-order valence-corrected chi connectivity index (χ4v) is 2.79. The summed E-state index contributed by atoms with van der Waals surface area (Å²) in [4.78, 5) is 24.3. The van der Waals surface area contributed by atoms with E-state index in [1.165, 1.54) is 6.92 Å². The van der Waals surface area contributed by atoms with Crippen LogP contribution in [0.4, 0.5) is 5.69 Å². The van der Waals surface area contributed by atoms with E-state index in [2.05, 4.69) is 5.32 Å². The number of amides is 1. The van der Waals surface area contributed by atoms with Crippen molar-refractivity contribution in [2.45, 2.75) is 13.8 Å². The molecule has 0 aliphatic heterocycles. The van der Waals surface area contributed by atoms with Gasteiger partial charge in [0.05, 0.1) is 0 Å². The van der Waals surface area contributed by atoms with Crippen molar-refractivity contribution in [3.05, 3.63) is 101 Å². The van der Waals surface area contributed by atoms with E-state index in [1.807, 2.05) is 91.9 Å². The number of hydrogen-bond acceptors (Lipinski definition) is 2. The first-order valence-corrected chi connectivity index (χ1v) is 8.79. The van der Waals surface area contributed by atoms with Crippen LogP contribution in [0.2, 0.25) is 0 Å². The lowest BCUT2D eigenvalue weighted by Gasteiger charge is -2.09. The number of carbonyl (C=O) groups excluding carboxylic acids is 2. The molecule has 0 aromatic heterocycles. The van der Waals surface area contributed by atoms with Gasteiger partial charge in [0, 0.05) is 23.7 Å². The Bertz CT molecular complexity index is 969. The lowest BCUT2D eigenvalue weighted by Crippen LogP contribution is -2.05. The van der Waals surface area contributed by atoms with Crippen LogP contribution in [0.1, 0.15) is 34.0 Å². The molecule has 1 N–H and O–H groups in total. The lowest BCUT2D eigenvalue weighted by atomic mass is 9.94. The van der Waals surface area contributed by atoms with Crippen molar-refractivity contribution in [1.29, 1.82) is 0 Å². The molecule has 3 rings (SSSR count). The Morgan fingerprint density at radius 2 is 1.41 bits per heavy atom. The quantitative estimate of drug-likeness (QED) is 0.379. The molecule has 0 aliphatic carbocycles. The van der Waals surface area contributed by atoms with E-state index < -0.39 is 0 Å².